The molecule has 140 valence electrons. The molecule has 2 heterocycles. The van der Waals surface area contributed by atoms with Gasteiger partial charge in [0.25, 0.3) is 0 Å². The number of aliphatic hydroxyl groups is 1. The maximum atomic E-state index is 10.8. The van der Waals surface area contributed by atoms with E-state index in [1.807, 2.05) is 0 Å². The third kappa shape index (κ3) is 3.02. The summed E-state index contributed by atoms with van der Waals surface area (Å²) in [6, 6.07) is -0.118. The average Bonchev–Trinajstić information content (AvgIpc) is 2.57. The van der Waals surface area contributed by atoms with Crippen molar-refractivity contribution in [2.75, 3.05) is 27.3 Å². The fourth-order valence-corrected chi connectivity index (χ4v) is 4.50. The van der Waals surface area contributed by atoms with E-state index in [4.69, 9.17) is 9.47 Å². The molecule has 3 N–H and O–H groups in total. The van der Waals surface area contributed by atoms with Gasteiger partial charge in [0.05, 0.1) is 20.3 Å². The van der Waals surface area contributed by atoms with Crippen molar-refractivity contribution in [1.29, 1.82) is 0 Å². The maximum Gasteiger partial charge on any atom is 0.207 e. The van der Waals surface area contributed by atoms with Gasteiger partial charge in [0.2, 0.25) is 11.5 Å². The third-order valence-electron chi connectivity index (χ3n) is 5.59. The predicted molar refractivity (Wildman–Crippen MR) is 94.5 cm³/mol. The lowest BCUT2D eigenvalue weighted by Crippen LogP contribution is -2.48. The summed E-state index contributed by atoms with van der Waals surface area (Å²) in [6.45, 7) is 5.94. The number of aliphatic hydroxyl groups excluding tert-OH is 1. The number of methoxy groups -OCH3 is 2. The summed E-state index contributed by atoms with van der Waals surface area (Å²) in [6.07, 6.45) is 1.76. The fraction of sp³-hybridized carbons (Fsp3) is 0.684. The molecule has 0 bridgehead atoms. The van der Waals surface area contributed by atoms with E-state index >= 15 is 0 Å². The van der Waals surface area contributed by atoms with Crippen LogP contribution in [0.2, 0.25) is 0 Å². The lowest BCUT2D eigenvalue weighted by molar-refractivity contribution is -0.0200. The van der Waals surface area contributed by atoms with E-state index in [0.29, 0.717) is 29.9 Å². The minimum Gasteiger partial charge on any atom is -0.504 e. The Hall–Kier alpha value is -1.66. The van der Waals surface area contributed by atoms with E-state index in [2.05, 4.69) is 18.7 Å². The summed E-state index contributed by atoms with van der Waals surface area (Å²) in [7, 11) is 2.89. The zero-order valence-electron chi connectivity index (χ0n) is 15.5. The molecule has 0 radical (unpaired) electrons. The normalized spacial score (nSPS) is 26.2. The highest BCUT2D eigenvalue weighted by molar-refractivity contribution is 5.67. The van der Waals surface area contributed by atoms with E-state index in [-0.39, 0.29) is 35.0 Å². The van der Waals surface area contributed by atoms with Crippen LogP contribution in [0.4, 0.5) is 0 Å². The number of benzene rings is 1. The second-order valence-electron chi connectivity index (χ2n) is 7.61. The summed E-state index contributed by atoms with van der Waals surface area (Å²) in [4.78, 5) is 2.31. The van der Waals surface area contributed by atoms with Crippen LogP contribution in [-0.4, -0.2) is 53.6 Å². The number of phenolic OH excluding ortho intramolecular Hbond substituents is 2. The average molecular weight is 351 g/mol. The molecule has 2 aliphatic heterocycles. The van der Waals surface area contributed by atoms with Crippen molar-refractivity contribution in [3.05, 3.63) is 11.1 Å². The zero-order valence-corrected chi connectivity index (χ0v) is 15.5. The van der Waals surface area contributed by atoms with Gasteiger partial charge < -0.3 is 24.8 Å². The largest absolute Gasteiger partial charge is 0.504 e. The first kappa shape index (κ1) is 18.1. The quantitative estimate of drug-likeness (QED) is 0.723. The lowest BCUT2D eigenvalue weighted by atomic mass is 9.78. The van der Waals surface area contributed by atoms with Crippen molar-refractivity contribution >= 4 is 0 Å². The highest BCUT2D eigenvalue weighted by Crippen LogP contribution is 2.54. The van der Waals surface area contributed by atoms with Crippen LogP contribution in [0.15, 0.2) is 0 Å². The number of rotatable bonds is 4. The van der Waals surface area contributed by atoms with Crippen molar-refractivity contribution in [3.63, 3.8) is 0 Å². The van der Waals surface area contributed by atoms with Gasteiger partial charge in [-0.1, -0.05) is 13.8 Å². The Labute approximate surface area is 149 Å². The Kier molecular flexibility index (Phi) is 5.02. The van der Waals surface area contributed by atoms with Gasteiger partial charge >= 0.3 is 0 Å². The van der Waals surface area contributed by atoms with Crippen molar-refractivity contribution < 1.29 is 24.8 Å². The monoisotopic (exact) mass is 351 g/mol. The molecule has 0 aromatic heterocycles. The highest BCUT2D eigenvalue weighted by Gasteiger charge is 2.42. The van der Waals surface area contributed by atoms with Gasteiger partial charge in [0.15, 0.2) is 11.5 Å². The highest BCUT2D eigenvalue weighted by atomic mass is 16.5. The molecule has 0 spiro atoms. The summed E-state index contributed by atoms with van der Waals surface area (Å²) < 4.78 is 10.5. The van der Waals surface area contributed by atoms with Crippen LogP contribution in [0.5, 0.6) is 23.0 Å². The number of piperidine rings is 1. The number of phenols is 2. The standard InChI is InChI=1S/C19H29NO5/c1-10(2)7-11-9-20-6-5-12-15(13(20)8-14(11)21)17(23)19(25-4)18(24-3)16(12)22/h10-11,13-14,21-23H,5-9H2,1-4H3. The SMILES string of the molecule is COc1c(O)c2c(c(O)c1OC)C1CC(O)C(CC(C)C)CN1CC2. The summed E-state index contributed by atoms with van der Waals surface area (Å²) in [5, 5.41) is 32.0. The number of hydrogen-bond acceptors (Lipinski definition) is 6. The zero-order chi connectivity index (χ0) is 18.3. The first-order chi connectivity index (χ1) is 11.9. The van der Waals surface area contributed by atoms with Gasteiger partial charge in [-0.2, -0.15) is 0 Å². The summed E-state index contributed by atoms with van der Waals surface area (Å²) in [5.74, 6) is 1.14. The molecule has 6 nitrogen and oxygen atoms in total. The van der Waals surface area contributed by atoms with Gasteiger partial charge in [-0.15, -0.1) is 0 Å². The fourth-order valence-electron chi connectivity index (χ4n) is 4.50. The van der Waals surface area contributed by atoms with Crippen molar-refractivity contribution in [3.8, 4) is 23.0 Å². The van der Waals surface area contributed by atoms with Crippen molar-refractivity contribution in [2.24, 2.45) is 11.8 Å². The molecule has 1 aromatic carbocycles. The lowest BCUT2D eigenvalue weighted by Gasteiger charge is -2.46. The third-order valence-corrected chi connectivity index (χ3v) is 5.59. The molecule has 1 aromatic rings. The first-order valence-corrected chi connectivity index (χ1v) is 8.99. The van der Waals surface area contributed by atoms with Crippen LogP contribution in [-0.2, 0) is 6.42 Å². The summed E-state index contributed by atoms with van der Waals surface area (Å²) >= 11 is 0. The van der Waals surface area contributed by atoms with E-state index in [1.54, 1.807) is 0 Å². The molecule has 3 atom stereocenters. The Bertz CT molecular complexity index is 645. The van der Waals surface area contributed by atoms with Gasteiger partial charge in [0.1, 0.15) is 0 Å². The molecule has 0 amide bonds. The van der Waals surface area contributed by atoms with E-state index in [0.717, 1.165) is 19.5 Å². The smallest absolute Gasteiger partial charge is 0.207 e. The maximum absolute atomic E-state index is 10.8. The molecule has 25 heavy (non-hydrogen) atoms. The number of fused-ring (bicyclic) bond motifs is 3. The van der Waals surface area contributed by atoms with Crippen LogP contribution < -0.4 is 9.47 Å². The number of ether oxygens (including phenoxy) is 2. The molecule has 3 unspecified atom stereocenters. The van der Waals surface area contributed by atoms with E-state index in [1.165, 1.54) is 14.2 Å². The minimum atomic E-state index is -0.413. The number of hydrogen-bond donors (Lipinski definition) is 3. The van der Waals surface area contributed by atoms with Crippen LogP contribution in [0.3, 0.4) is 0 Å². The van der Waals surface area contributed by atoms with Crippen LogP contribution in [0.1, 0.15) is 43.9 Å². The van der Waals surface area contributed by atoms with Crippen LogP contribution in [0.25, 0.3) is 0 Å². The molecular formula is C19H29NO5. The topological polar surface area (TPSA) is 82.4 Å². The molecule has 1 saturated heterocycles. The Morgan fingerprint density at radius 2 is 1.76 bits per heavy atom. The Morgan fingerprint density at radius 3 is 2.36 bits per heavy atom. The summed E-state index contributed by atoms with van der Waals surface area (Å²) in [5.41, 5.74) is 1.37. The van der Waals surface area contributed by atoms with Gasteiger partial charge in [-0.05, 0) is 31.1 Å². The Morgan fingerprint density at radius 1 is 1.12 bits per heavy atom. The molecule has 0 saturated carbocycles. The molecular weight excluding hydrogens is 322 g/mol. The molecule has 6 heteroatoms. The van der Waals surface area contributed by atoms with E-state index < -0.39 is 6.10 Å². The molecule has 0 aliphatic carbocycles. The second kappa shape index (κ2) is 6.92. The van der Waals surface area contributed by atoms with Crippen molar-refractivity contribution in [1.82, 2.24) is 4.90 Å². The van der Waals surface area contributed by atoms with Crippen molar-refractivity contribution in [2.45, 2.75) is 45.3 Å². The molecule has 2 aliphatic rings. The number of nitrogens with zero attached hydrogens (tertiary/aromatic N) is 1. The van der Waals surface area contributed by atoms with Crippen LogP contribution >= 0.6 is 0 Å². The van der Waals surface area contributed by atoms with Gasteiger partial charge in [-0.25, -0.2) is 0 Å². The van der Waals surface area contributed by atoms with Crippen LogP contribution in [0, 0.1) is 11.8 Å². The molecule has 3 rings (SSSR count). The van der Waals surface area contributed by atoms with Gasteiger partial charge in [-0.3, -0.25) is 4.90 Å². The first-order valence-electron chi connectivity index (χ1n) is 8.99. The van der Waals surface area contributed by atoms with E-state index in [9.17, 15) is 15.3 Å². The van der Waals surface area contributed by atoms with Gasteiger partial charge in [0, 0.05) is 30.3 Å². The molecule has 1 fully saturated rings. The second-order valence-corrected chi connectivity index (χ2v) is 7.61. The number of aromatic hydroxyl groups is 2. The minimum absolute atomic E-state index is 0.0105. The Balaban J connectivity index is 2.01. The predicted octanol–water partition coefficient (Wildman–Crippen LogP) is 2.44.